The van der Waals surface area contributed by atoms with Crippen LogP contribution in [0.15, 0.2) is 53.6 Å². The van der Waals surface area contributed by atoms with Crippen molar-refractivity contribution in [3.63, 3.8) is 0 Å². The van der Waals surface area contributed by atoms with Crippen LogP contribution in [-0.4, -0.2) is 23.3 Å². The highest BCUT2D eigenvalue weighted by molar-refractivity contribution is 7.80. The highest BCUT2D eigenvalue weighted by Crippen LogP contribution is 2.22. The van der Waals surface area contributed by atoms with E-state index in [0.717, 1.165) is 35.6 Å². The molecule has 1 saturated heterocycles. The second-order valence-corrected chi connectivity index (χ2v) is 6.74. The summed E-state index contributed by atoms with van der Waals surface area (Å²) < 4.78 is 0. The Kier molecular flexibility index (Phi) is 5.63. The molecule has 1 amide bonds. The molecule has 0 unspecified atom stereocenters. The molecule has 0 bridgehead atoms. The van der Waals surface area contributed by atoms with Gasteiger partial charge in [-0.05, 0) is 62.3 Å². The summed E-state index contributed by atoms with van der Waals surface area (Å²) in [5.74, 6) is 0.179. The molecule has 1 fully saturated rings. The Morgan fingerprint density at radius 2 is 1.96 bits per heavy atom. The Morgan fingerprint density at radius 3 is 2.65 bits per heavy atom. The summed E-state index contributed by atoms with van der Waals surface area (Å²) in [5, 5.41) is 7.88. The minimum atomic E-state index is 0.179. The lowest BCUT2D eigenvalue weighted by atomic mass is 10.1. The first-order valence-electron chi connectivity index (χ1n) is 8.62. The molecule has 0 radical (unpaired) electrons. The number of nitrogens with one attached hydrogen (secondary N) is 2. The van der Waals surface area contributed by atoms with Crippen LogP contribution in [0.25, 0.3) is 0 Å². The number of nitrogens with zero attached hydrogens (tertiary/aromatic N) is 2. The van der Waals surface area contributed by atoms with Crippen LogP contribution in [0.2, 0.25) is 0 Å². The Balaban J connectivity index is 1.64. The standard InChI is InChI=1S/C20H22N4OS/c1-14-8-10-17(11-9-14)21-20(26)23-22-15(2)16-5-3-6-18(13-16)24-12-4-7-19(24)25/h3,5-6,8-11,13H,4,7,12H2,1-2H3,(H2,21,23,26)/b22-15-. The topological polar surface area (TPSA) is 56.7 Å². The summed E-state index contributed by atoms with van der Waals surface area (Å²) in [6, 6.07) is 15.8. The third-order valence-electron chi connectivity index (χ3n) is 4.28. The van der Waals surface area contributed by atoms with E-state index in [1.165, 1.54) is 5.56 Å². The maximum Gasteiger partial charge on any atom is 0.227 e. The zero-order chi connectivity index (χ0) is 18.5. The number of amides is 1. The van der Waals surface area contributed by atoms with Crippen molar-refractivity contribution in [1.29, 1.82) is 0 Å². The summed E-state index contributed by atoms with van der Waals surface area (Å²) in [6.07, 6.45) is 1.54. The van der Waals surface area contributed by atoms with Gasteiger partial charge in [-0.2, -0.15) is 5.10 Å². The van der Waals surface area contributed by atoms with E-state index < -0.39 is 0 Å². The number of hydrogen-bond acceptors (Lipinski definition) is 3. The van der Waals surface area contributed by atoms with Crippen LogP contribution >= 0.6 is 12.2 Å². The van der Waals surface area contributed by atoms with Gasteiger partial charge in [0, 0.05) is 24.3 Å². The molecule has 26 heavy (non-hydrogen) atoms. The zero-order valence-electron chi connectivity index (χ0n) is 15.0. The van der Waals surface area contributed by atoms with Gasteiger partial charge in [-0.15, -0.1) is 0 Å². The number of aryl methyl sites for hydroxylation is 1. The lowest BCUT2D eigenvalue weighted by molar-refractivity contribution is -0.117. The molecule has 1 aliphatic heterocycles. The molecule has 0 saturated carbocycles. The highest BCUT2D eigenvalue weighted by Gasteiger charge is 2.21. The first-order chi connectivity index (χ1) is 12.5. The number of benzene rings is 2. The van der Waals surface area contributed by atoms with Gasteiger partial charge in [0.05, 0.1) is 5.71 Å². The molecule has 0 atom stereocenters. The van der Waals surface area contributed by atoms with Gasteiger partial charge in [-0.1, -0.05) is 29.8 Å². The van der Waals surface area contributed by atoms with Crippen molar-refractivity contribution < 1.29 is 4.79 Å². The molecule has 6 heteroatoms. The van der Waals surface area contributed by atoms with Gasteiger partial charge in [0.1, 0.15) is 0 Å². The van der Waals surface area contributed by atoms with E-state index >= 15 is 0 Å². The predicted octanol–water partition coefficient (Wildman–Crippen LogP) is 3.83. The molecule has 134 valence electrons. The van der Waals surface area contributed by atoms with Crippen LogP contribution in [0.3, 0.4) is 0 Å². The lowest BCUT2D eigenvalue weighted by Crippen LogP contribution is -2.25. The molecule has 2 N–H and O–H groups in total. The summed E-state index contributed by atoms with van der Waals surface area (Å²) in [5.41, 5.74) is 7.64. The van der Waals surface area contributed by atoms with E-state index in [2.05, 4.69) is 15.8 Å². The first kappa shape index (κ1) is 18.1. The molecule has 2 aromatic rings. The van der Waals surface area contributed by atoms with Gasteiger partial charge in [0.25, 0.3) is 0 Å². The molecule has 5 nitrogen and oxygen atoms in total. The van der Waals surface area contributed by atoms with Crippen molar-refractivity contribution in [2.75, 3.05) is 16.8 Å². The summed E-state index contributed by atoms with van der Waals surface area (Å²) >= 11 is 5.28. The highest BCUT2D eigenvalue weighted by atomic mass is 32.1. The quantitative estimate of drug-likeness (QED) is 0.490. The van der Waals surface area contributed by atoms with Crippen LogP contribution in [0.5, 0.6) is 0 Å². The molecule has 0 aliphatic carbocycles. The van der Waals surface area contributed by atoms with E-state index in [4.69, 9.17) is 12.2 Å². The van der Waals surface area contributed by atoms with Crippen LogP contribution in [0.4, 0.5) is 11.4 Å². The normalized spacial score (nSPS) is 14.5. The predicted molar refractivity (Wildman–Crippen MR) is 111 cm³/mol. The van der Waals surface area contributed by atoms with Crippen molar-refractivity contribution in [2.45, 2.75) is 26.7 Å². The fraction of sp³-hybridized carbons (Fsp3) is 0.250. The van der Waals surface area contributed by atoms with Crippen molar-refractivity contribution >= 4 is 40.3 Å². The lowest BCUT2D eigenvalue weighted by Gasteiger charge is -2.16. The smallest absolute Gasteiger partial charge is 0.227 e. The van der Waals surface area contributed by atoms with Crippen molar-refractivity contribution in [3.8, 4) is 0 Å². The number of hydrazone groups is 1. The Morgan fingerprint density at radius 1 is 1.19 bits per heavy atom. The van der Waals surface area contributed by atoms with Crippen molar-refractivity contribution in [3.05, 3.63) is 59.7 Å². The minimum Gasteiger partial charge on any atom is -0.331 e. The van der Waals surface area contributed by atoms with Gasteiger partial charge < -0.3 is 10.2 Å². The van der Waals surface area contributed by atoms with Gasteiger partial charge in [-0.25, -0.2) is 0 Å². The van der Waals surface area contributed by atoms with E-state index in [-0.39, 0.29) is 5.91 Å². The van der Waals surface area contributed by atoms with E-state index in [1.807, 2.05) is 67.3 Å². The Bertz CT molecular complexity index is 845. The van der Waals surface area contributed by atoms with E-state index in [0.29, 0.717) is 11.5 Å². The third kappa shape index (κ3) is 4.46. The van der Waals surface area contributed by atoms with Crippen LogP contribution in [0, 0.1) is 6.92 Å². The van der Waals surface area contributed by atoms with Crippen LogP contribution in [0.1, 0.15) is 30.9 Å². The number of thiocarbonyl (C=S) groups is 1. The summed E-state index contributed by atoms with van der Waals surface area (Å²) in [4.78, 5) is 13.8. The van der Waals surface area contributed by atoms with Gasteiger partial charge >= 0.3 is 0 Å². The molecular weight excluding hydrogens is 344 g/mol. The number of carbonyl (C=O) groups excluding carboxylic acids is 1. The molecule has 0 aromatic heterocycles. The Labute approximate surface area is 159 Å². The monoisotopic (exact) mass is 366 g/mol. The molecule has 0 spiro atoms. The molecule has 3 rings (SSSR count). The van der Waals surface area contributed by atoms with Gasteiger partial charge in [0.15, 0.2) is 5.11 Å². The average Bonchev–Trinajstić information content (AvgIpc) is 3.08. The Hall–Kier alpha value is -2.73. The first-order valence-corrected chi connectivity index (χ1v) is 9.02. The second-order valence-electron chi connectivity index (χ2n) is 6.33. The SMILES string of the molecule is C/C(=N/NC(=S)Nc1ccc(C)cc1)c1cccc(N2CCCC2=O)c1. The average molecular weight is 366 g/mol. The maximum absolute atomic E-state index is 11.9. The molecule has 1 aliphatic rings. The van der Waals surface area contributed by atoms with E-state index in [1.54, 1.807) is 0 Å². The van der Waals surface area contributed by atoms with Crippen LogP contribution in [-0.2, 0) is 4.79 Å². The van der Waals surface area contributed by atoms with Crippen molar-refractivity contribution in [1.82, 2.24) is 5.43 Å². The number of hydrogen-bond donors (Lipinski definition) is 2. The van der Waals surface area contributed by atoms with Crippen molar-refractivity contribution in [2.24, 2.45) is 5.10 Å². The number of rotatable bonds is 4. The maximum atomic E-state index is 11.9. The van der Waals surface area contributed by atoms with Crippen LogP contribution < -0.4 is 15.6 Å². The summed E-state index contributed by atoms with van der Waals surface area (Å²) in [7, 11) is 0. The number of anilines is 2. The molecule has 2 aromatic carbocycles. The molecule has 1 heterocycles. The third-order valence-corrected chi connectivity index (χ3v) is 4.48. The number of carbonyl (C=O) groups is 1. The molecular formula is C20H22N4OS. The van der Waals surface area contributed by atoms with Gasteiger partial charge in [-0.3, -0.25) is 10.2 Å². The fourth-order valence-electron chi connectivity index (χ4n) is 2.82. The van der Waals surface area contributed by atoms with E-state index in [9.17, 15) is 4.79 Å². The summed E-state index contributed by atoms with van der Waals surface area (Å²) in [6.45, 7) is 4.73. The van der Waals surface area contributed by atoms with Gasteiger partial charge in [0.2, 0.25) is 5.91 Å². The minimum absolute atomic E-state index is 0.179. The second kappa shape index (κ2) is 8.10. The zero-order valence-corrected chi connectivity index (χ0v) is 15.8. The largest absolute Gasteiger partial charge is 0.331 e. The fourth-order valence-corrected chi connectivity index (χ4v) is 2.98.